The Balaban J connectivity index is 2.38. The number of ketones is 1. The highest BCUT2D eigenvalue weighted by Crippen LogP contribution is 2.25. The van der Waals surface area contributed by atoms with Gasteiger partial charge in [0.1, 0.15) is 5.92 Å². The third-order valence-electron chi connectivity index (χ3n) is 3.34. The van der Waals surface area contributed by atoms with Gasteiger partial charge in [-0.1, -0.05) is 12.1 Å². The monoisotopic (exact) mass is 315 g/mol. The minimum Gasteiger partial charge on any atom is -0.468 e. The lowest BCUT2D eigenvalue weighted by molar-refractivity contribution is -0.141. The zero-order valence-electron chi connectivity index (χ0n) is 12.7. The summed E-state index contributed by atoms with van der Waals surface area (Å²) in [5, 5.41) is 0. The molecule has 1 unspecified atom stereocenters. The number of hydrogen-bond donors (Lipinski definition) is 0. The van der Waals surface area contributed by atoms with E-state index in [1.807, 2.05) is 25.3 Å². The van der Waals surface area contributed by atoms with Gasteiger partial charge in [0.2, 0.25) is 0 Å². The van der Waals surface area contributed by atoms with Gasteiger partial charge in [-0.05, 0) is 43.0 Å². The van der Waals surface area contributed by atoms with Gasteiger partial charge < -0.3 is 4.74 Å². The molecule has 0 aliphatic carbocycles. The Bertz CT molecular complexity index is 665. The smallest absolute Gasteiger partial charge is 0.321 e. The van der Waals surface area contributed by atoms with Crippen molar-refractivity contribution in [2.75, 3.05) is 13.4 Å². The van der Waals surface area contributed by atoms with E-state index in [-0.39, 0.29) is 5.78 Å². The number of Topliss-reactive ketones (excluding diaryl/α,β-unsaturated/α-hetero) is 1. The van der Waals surface area contributed by atoms with Crippen molar-refractivity contribution in [2.24, 2.45) is 0 Å². The molecule has 0 aliphatic rings. The number of methoxy groups -OCH3 is 1. The number of carbonyl (C=O) groups is 2. The predicted molar refractivity (Wildman–Crippen MR) is 86.3 cm³/mol. The molecule has 0 amide bonds. The molecule has 0 radical (unpaired) electrons. The van der Waals surface area contributed by atoms with E-state index in [1.54, 1.807) is 36.0 Å². The second-order valence-corrected chi connectivity index (χ2v) is 5.66. The van der Waals surface area contributed by atoms with Crippen molar-refractivity contribution in [2.45, 2.75) is 17.7 Å². The second-order valence-electron chi connectivity index (χ2n) is 4.78. The van der Waals surface area contributed by atoms with Crippen molar-refractivity contribution in [3.8, 4) is 0 Å². The summed E-state index contributed by atoms with van der Waals surface area (Å²) in [4.78, 5) is 29.9. The molecular formula is C17H17NO3S. The lowest BCUT2D eigenvalue weighted by Crippen LogP contribution is -2.23. The molecule has 1 aromatic carbocycles. The van der Waals surface area contributed by atoms with E-state index in [4.69, 9.17) is 4.74 Å². The molecule has 5 heteroatoms. The highest BCUT2D eigenvalue weighted by atomic mass is 32.2. The molecular weight excluding hydrogens is 298 g/mol. The summed E-state index contributed by atoms with van der Waals surface area (Å²) >= 11 is 1.60. The fraction of sp³-hybridized carbons (Fsp3) is 0.235. The quantitative estimate of drug-likeness (QED) is 0.367. The van der Waals surface area contributed by atoms with Gasteiger partial charge in [-0.2, -0.15) is 0 Å². The van der Waals surface area contributed by atoms with E-state index in [2.05, 4.69) is 4.98 Å². The van der Waals surface area contributed by atoms with Gasteiger partial charge in [-0.25, -0.2) is 0 Å². The Morgan fingerprint density at radius 3 is 2.32 bits per heavy atom. The topological polar surface area (TPSA) is 56.3 Å². The summed E-state index contributed by atoms with van der Waals surface area (Å²) < 4.78 is 4.80. The van der Waals surface area contributed by atoms with Crippen molar-refractivity contribution >= 4 is 23.5 Å². The first-order valence-corrected chi connectivity index (χ1v) is 7.98. The molecule has 0 bridgehead atoms. The van der Waals surface area contributed by atoms with Crippen LogP contribution in [0.1, 0.15) is 27.5 Å². The van der Waals surface area contributed by atoms with E-state index < -0.39 is 11.9 Å². The number of carbonyl (C=O) groups excluding carboxylic acids is 2. The number of rotatable bonds is 5. The SMILES string of the molecule is COC(=O)C(C(=O)c1ccc(C)nc1)c1ccc(SC)cc1. The minimum absolute atomic E-state index is 0.309. The number of pyridine rings is 1. The van der Waals surface area contributed by atoms with E-state index in [1.165, 1.54) is 13.3 Å². The number of aryl methyl sites for hydroxylation is 1. The first-order valence-electron chi connectivity index (χ1n) is 6.75. The highest BCUT2D eigenvalue weighted by Gasteiger charge is 2.30. The number of thioether (sulfide) groups is 1. The Labute approximate surface area is 133 Å². The van der Waals surface area contributed by atoms with Crippen LogP contribution in [0.2, 0.25) is 0 Å². The molecule has 1 aromatic heterocycles. The van der Waals surface area contributed by atoms with Gasteiger partial charge in [0.05, 0.1) is 7.11 Å². The number of benzene rings is 1. The molecule has 1 atom stereocenters. The van der Waals surface area contributed by atoms with Gasteiger partial charge in [0.15, 0.2) is 5.78 Å². The van der Waals surface area contributed by atoms with E-state index >= 15 is 0 Å². The third-order valence-corrected chi connectivity index (χ3v) is 4.09. The first kappa shape index (κ1) is 16.2. The van der Waals surface area contributed by atoms with E-state index in [0.717, 1.165) is 10.6 Å². The van der Waals surface area contributed by atoms with Crippen LogP contribution in [0.15, 0.2) is 47.5 Å². The molecule has 2 rings (SSSR count). The molecule has 4 nitrogen and oxygen atoms in total. The molecule has 0 saturated carbocycles. The lowest BCUT2D eigenvalue weighted by Gasteiger charge is -2.14. The Morgan fingerprint density at radius 2 is 1.82 bits per heavy atom. The van der Waals surface area contributed by atoms with Gasteiger partial charge in [-0.15, -0.1) is 11.8 Å². The molecule has 1 heterocycles. The van der Waals surface area contributed by atoms with E-state index in [0.29, 0.717) is 11.1 Å². The predicted octanol–water partition coefficient (Wildman–Crippen LogP) is 3.25. The highest BCUT2D eigenvalue weighted by molar-refractivity contribution is 7.98. The maximum atomic E-state index is 12.7. The molecule has 114 valence electrons. The molecule has 0 spiro atoms. The van der Waals surface area contributed by atoms with Crippen molar-refractivity contribution in [3.63, 3.8) is 0 Å². The molecule has 2 aromatic rings. The minimum atomic E-state index is -0.967. The maximum absolute atomic E-state index is 12.7. The van der Waals surface area contributed by atoms with Crippen LogP contribution in [-0.2, 0) is 9.53 Å². The van der Waals surface area contributed by atoms with Crippen molar-refractivity contribution < 1.29 is 14.3 Å². The number of esters is 1. The Kier molecular flexibility index (Phi) is 5.33. The van der Waals surface area contributed by atoms with Crippen LogP contribution in [0.3, 0.4) is 0 Å². The summed E-state index contributed by atoms with van der Waals surface area (Å²) in [5.74, 6) is -1.84. The van der Waals surface area contributed by atoms with Gasteiger partial charge in [0.25, 0.3) is 0 Å². The van der Waals surface area contributed by atoms with Crippen LogP contribution < -0.4 is 0 Å². The van der Waals surface area contributed by atoms with Crippen molar-refractivity contribution in [1.29, 1.82) is 0 Å². The molecule has 22 heavy (non-hydrogen) atoms. The lowest BCUT2D eigenvalue weighted by atomic mass is 9.91. The zero-order chi connectivity index (χ0) is 16.1. The number of hydrogen-bond acceptors (Lipinski definition) is 5. The molecule has 0 N–H and O–H groups in total. The van der Waals surface area contributed by atoms with Crippen LogP contribution >= 0.6 is 11.8 Å². The first-order chi connectivity index (χ1) is 10.6. The number of nitrogens with zero attached hydrogens (tertiary/aromatic N) is 1. The molecule has 0 aliphatic heterocycles. The van der Waals surface area contributed by atoms with Crippen molar-refractivity contribution in [1.82, 2.24) is 4.98 Å². The van der Waals surface area contributed by atoms with Crippen molar-refractivity contribution in [3.05, 3.63) is 59.4 Å². The molecule has 0 saturated heterocycles. The van der Waals surface area contributed by atoms with Gasteiger partial charge >= 0.3 is 5.97 Å². The Hall–Kier alpha value is -2.14. The summed E-state index contributed by atoms with van der Waals surface area (Å²) in [7, 11) is 1.28. The van der Waals surface area contributed by atoms with Gasteiger partial charge in [-0.3, -0.25) is 14.6 Å². The standard InChI is InChI=1S/C17H17NO3S/c1-11-4-5-13(10-18-11)16(19)15(17(20)21-2)12-6-8-14(22-3)9-7-12/h4-10,15H,1-3H3. The van der Waals surface area contributed by atoms with Crippen LogP contribution in [0.4, 0.5) is 0 Å². The third kappa shape index (κ3) is 3.54. The van der Waals surface area contributed by atoms with E-state index in [9.17, 15) is 9.59 Å². The van der Waals surface area contributed by atoms with Gasteiger partial charge in [0, 0.05) is 22.3 Å². The number of ether oxygens (including phenoxy) is 1. The molecule has 0 fully saturated rings. The maximum Gasteiger partial charge on any atom is 0.321 e. The second kappa shape index (κ2) is 7.22. The summed E-state index contributed by atoms with van der Waals surface area (Å²) in [6.07, 6.45) is 3.46. The van der Waals surface area contributed by atoms with Crippen LogP contribution in [0, 0.1) is 6.92 Å². The van der Waals surface area contributed by atoms with Crippen LogP contribution in [0.25, 0.3) is 0 Å². The van der Waals surface area contributed by atoms with Crippen LogP contribution in [0.5, 0.6) is 0 Å². The normalized spacial score (nSPS) is 11.8. The fourth-order valence-corrected chi connectivity index (χ4v) is 2.50. The summed E-state index contributed by atoms with van der Waals surface area (Å²) in [6.45, 7) is 1.84. The zero-order valence-corrected chi connectivity index (χ0v) is 13.5. The average Bonchev–Trinajstić information content (AvgIpc) is 2.56. The average molecular weight is 315 g/mol. The number of aromatic nitrogens is 1. The largest absolute Gasteiger partial charge is 0.468 e. The van der Waals surface area contributed by atoms with Crippen LogP contribution in [-0.4, -0.2) is 30.1 Å². The fourth-order valence-electron chi connectivity index (χ4n) is 2.09. The summed E-state index contributed by atoms with van der Waals surface area (Å²) in [5.41, 5.74) is 1.83. The Morgan fingerprint density at radius 1 is 1.14 bits per heavy atom. The summed E-state index contributed by atoms with van der Waals surface area (Å²) in [6, 6.07) is 10.8.